The van der Waals surface area contributed by atoms with Crippen molar-refractivity contribution in [2.24, 2.45) is 5.73 Å². The molecule has 0 bridgehead atoms. The maximum absolute atomic E-state index is 12.9. The molecule has 0 aliphatic carbocycles. The van der Waals surface area contributed by atoms with Crippen LogP contribution in [0.4, 0.5) is 5.69 Å². The van der Waals surface area contributed by atoms with E-state index in [1.165, 1.54) is 12.1 Å². The van der Waals surface area contributed by atoms with Crippen molar-refractivity contribution in [3.05, 3.63) is 59.7 Å². The van der Waals surface area contributed by atoms with Crippen LogP contribution >= 0.6 is 12.4 Å². The summed E-state index contributed by atoms with van der Waals surface area (Å²) in [6.07, 6.45) is 2.88. The molecule has 1 aliphatic rings. The Morgan fingerprint density at radius 2 is 1.93 bits per heavy atom. The van der Waals surface area contributed by atoms with Crippen LogP contribution in [0.5, 0.6) is 0 Å². The summed E-state index contributed by atoms with van der Waals surface area (Å²) in [6.45, 7) is 2.96. The van der Waals surface area contributed by atoms with Gasteiger partial charge < -0.3 is 10.6 Å². The molecule has 1 heterocycles. The maximum Gasteiger partial charge on any atom is 0.261 e. The van der Waals surface area contributed by atoms with Crippen LogP contribution in [0.2, 0.25) is 0 Å². The summed E-state index contributed by atoms with van der Waals surface area (Å²) in [5.41, 5.74) is 7.62. The molecule has 2 aromatic rings. The Hall–Kier alpha value is -2.09. The second-order valence-electron chi connectivity index (χ2n) is 6.89. The van der Waals surface area contributed by atoms with Crippen molar-refractivity contribution < 1.29 is 13.2 Å². The van der Waals surface area contributed by atoms with Gasteiger partial charge in [-0.15, -0.1) is 12.4 Å². The molecule has 0 radical (unpaired) electrons. The molecule has 8 heteroatoms. The fraction of sp³-hybridized carbons (Fsp3) is 0.350. The van der Waals surface area contributed by atoms with E-state index in [1.807, 2.05) is 13.0 Å². The number of benzene rings is 2. The lowest BCUT2D eigenvalue weighted by Crippen LogP contribution is -2.47. The maximum atomic E-state index is 12.9. The zero-order chi connectivity index (χ0) is 19.4. The molecule has 1 amide bonds. The van der Waals surface area contributed by atoms with Gasteiger partial charge in [0.2, 0.25) is 0 Å². The van der Waals surface area contributed by atoms with Gasteiger partial charge in [-0.2, -0.15) is 0 Å². The molecule has 152 valence electrons. The average molecular weight is 424 g/mol. The molecule has 1 saturated heterocycles. The van der Waals surface area contributed by atoms with E-state index < -0.39 is 10.0 Å². The molecule has 1 fully saturated rings. The number of amides is 1. The van der Waals surface area contributed by atoms with Gasteiger partial charge in [0.25, 0.3) is 15.9 Å². The summed E-state index contributed by atoms with van der Waals surface area (Å²) in [5.74, 6) is -0.169. The monoisotopic (exact) mass is 423 g/mol. The highest BCUT2D eigenvalue weighted by Crippen LogP contribution is 2.22. The standard InChI is InChI=1S/C20H25N3O3S.ClH/c1-15-6-4-8-17(12-15)22-27(25,26)19-10-5-7-16(13-19)20(24)23-11-3-2-9-18(23)14-21;/h4-8,10,12-13,18,22H,2-3,9,11,14,21H2,1H3;1H. The summed E-state index contributed by atoms with van der Waals surface area (Å²) in [6, 6.07) is 13.3. The Morgan fingerprint density at radius 1 is 1.18 bits per heavy atom. The second-order valence-corrected chi connectivity index (χ2v) is 8.57. The number of halogens is 1. The number of hydrogen-bond donors (Lipinski definition) is 2. The minimum absolute atomic E-state index is 0. The largest absolute Gasteiger partial charge is 0.334 e. The number of nitrogens with one attached hydrogen (secondary N) is 1. The lowest BCUT2D eigenvalue weighted by Gasteiger charge is -2.35. The molecule has 3 rings (SSSR count). The minimum atomic E-state index is -3.78. The van der Waals surface area contributed by atoms with Crippen molar-refractivity contribution in [3.8, 4) is 0 Å². The highest BCUT2D eigenvalue weighted by molar-refractivity contribution is 7.92. The third-order valence-corrected chi connectivity index (χ3v) is 6.20. The summed E-state index contributed by atoms with van der Waals surface area (Å²) < 4.78 is 28.0. The van der Waals surface area contributed by atoms with E-state index in [0.717, 1.165) is 24.8 Å². The van der Waals surface area contributed by atoms with Gasteiger partial charge in [-0.1, -0.05) is 18.2 Å². The van der Waals surface area contributed by atoms with Crippen molar-refractivity contribution >= 4 is 34.0 Å². The summed E-state index contributed by atoms with van der Waals surface area (Å²) >= 11 is 0. The summed E-state index contributed by atoms with van der Waals surface area (Å²) in [4.78, 5) is 14.7. The minimum Gasteiger partial charge on any atom is -0.334 e. The van der Waals surface area contributed by atoms with Gasteiger partial charge >= 0.3 is 0 Å². The van der Waals surface area contributed by atoms with E-state index in [9.17, 15) is 13.2 Å². The fourth-order valence-electron chi connectivity index (χ4n) is 3.40. The molecule has 2 aromatic carbocycles. The first kappa shape index (κ1) is 22.2. The van der Waals surface area contributed by atoms with Crippen LogP contribution in [0.25, 0.3) is 0 Å². The molecule has 28 heavy (non-hydrogen) atoms. The predicted octanol–water partition coefficient (Wildman–Crippen LogP) is 3.17. The first-order valence-corrected chi connectivity index (χ1v) is 10.6. The number of piperidine rings is 1. The highest BCUT2D eigenvalue weighted by Gasteiger charge is 2.27. The number of hydrogen-bond acceptors (Lipinski definition) is 4. The molecule has 3 N–H and O–H groups in total. The van der Waals surface area contributed by atoms with E-state index >= 15 is 0 Å². The second kappa shape index (κ2) is 9.41. The van der Waals surface area contributed by atoms with E-state index in [0.29, 0.717) is 24.3 Å². The Balaban J connectivity index is 0.00000280. The summed E-state index contributed by atoms with van der Waals surface area (Å²) in [7, 11) is -3.78. The first-order valence-electron chi connectivity index (χ1n) is 9.11. The zero-order valence-electron chi connectivity index (χ0n) is 15.8. The molecule has 0 saturated carbocycles. The first-order chi connectivity index (χ1) is 12.9. The lowest BCUT2D eigenvalue weighted by molar-refractivity contribution is 0.0623. The molecular formula is C20H26ClN3O3S. The van der Waals surface area contributed by atoms with E-state index in [-0.39, 0.29) is 29.3 Å². The van der Waals surface area contributed by atoms with E-state index in [1.54, 1.807) is 35.2 Å². The van der Waals surface area contributed by atoms with Crippen molar-refractivity contribution in [1.82, 2.24) is 4.90 Å². The third kappa shape index (κ3) is 5.04. The number of sulfonamides is 1. The van der Waals surface area contributed by atoms with Crippen LogP contribution in [0, 0.1) is 6.92 Å². The van der Waals surface area contributed by atoms with Gasteiger partial charge in [-0.3, -0.25) is 9.52 Å². The number of anilines is 1. The van der Waals surface area contributed by atoms with Crippen LogP contribution < -0.4 is 10.5 Å². The Bertz CT molecular complexity index is 934. The normalized spacial score (nSPS) is 16.9. The van der Waals surface area contributed by atoms with Gasteiger partial charge in [0.15, 0.2) is 0 Å². The van der Waals surface area contributed by atoms with Crippen molar-refractivity contribution in [2.75, 3.05) is 17.8 Å². The van der Waals surface area contributed by atoms with Gasteiger partial charge in [0.05, 0.1) is 4.90 Å². The zero-order valence-corrected chi connectivity index (χ0v) is 17.4. The topological polar surface area (TPSA) is 92.5 Å². The number of carbonyl (C=O) groups is 1. The van der Waals surface area contributed by atoms with Crippen molar-refractivity contribution in [2.45, 2.75) is 37.1 Å². The van der Waals surface area contributed by atoms with Crippen LogP contribution in [-0.4, -0.2) is 38.4 Å². The molecule has 0 spiro atoms. The SMILES string of the molecule is Cc1cccc(NS(=O)(=O)c2cccc(C(=O)N3CCCCC3CN)c2)c1.Cl. The molecule has 6 nitrogen and oxygen atoms in total. The van der Waals surface area contributed by atoms with Crippen molar-refractivity contribution in [3.63, 3.8) is 0 Å². The lowest BCUT2D eigenvalue weighted by atomic mass is 10.0. The van der Waals surface area contributed by atoms with E-state index in [2.05, 4.69) is 4.72 Å². The van der Waals surface area contributed by atoms with Crippen LogP contribution in [-0.2, 0) is 10.0 Å². The van der Waals surface area contributed by atoms with Gasteiger partial charge in [-0.05, 0) is 62.1 Å². The molecular weight excluding hydrogens is 398 g/mol. The van der Waals surface area contributed by atoms with Crippen LogP contribution in [0.3, 0.4) is 0 Å². The molecule has 0 aromatic heterocycles. The van der Waals surface area contributed by atoms with Gasteiger partial charge in [0, 0.05) is 30.4 Å². The average Bonchev–Trinajstić information content (AvgIpc) is 2.67. The number of rotatable bonds is 5. The number of aryl methyl sites for hydroxylation is 1. The molecule has 1 atom stereocenters. The highest BCUT2D eigenvalue weighted by atomic mass is 35.5. The third-order valence-electron chi connectivity index (χ3n) is 4.82. The summed E-state index contributed by atoms with van der Waals surface area (Å²) in [5, 5.41) is 0. The van der Waals surface area contributed by atoms with Gasteiger partial charge in [-0.25, -0.2) is 8.42 Å². The van der Waals surface area contributed by atoms with Crippen molar-refractivity contribution in [1.29, 1.82) is 0 Å². The number of likely N-dealkylation sites (tertiary alicyclic amines) is 1. The number of carbonyl (C=O) groups excluding carboxylic acids is 1. The van der Waals surface area contributed by atoms with Crippen LogP contribution in [0.1, 0.15) is 35.2 Å². The van der Waals surface area contributed by atoms with E-state index in [4.69, 9.17) is 5.73 Å². The predicted molar refractivity (Wildman–Crippen MR) is 113 cm³/mol. The molecule has 1 aliphatic heterocycles. The number of nitrogens with two attached hydrogens (primary N) is 1. The fourth-order valence-corrected chi connectivity index (χ4v) is 4.49. The quantitative estimate of drug-likeness (QED) is 0.772. The Labute approximate surface area is 172 Å². The molecule has 1 unspecified atom stereocenters. The van der Waals surface area contributed by atoms with Crippen LogP contribution in [0.15, 0.2) is 53.4 Å². The smallest absolute Gasteiger partial charge is 0.261 e. The Morgan fingerprint density at radius 3 is 2.64 bits per heavy atom. The van der Waals surface area contributed by atoms with Gasteiger partial charge in [0.1, 0.15) is 0 Å². The number of nitrogens with zero attached hydrogens (tertiary/aromatic N) is 1. The Kier molecular flexibility index (Phi) is 7.46.